The first kappa shape index (κ1) is 45.2. The minimum absolute atomic E-state index is 0.0185. The fourth-order valence-corrected chi connectivity index (χ4v) is 10.3. The number of nitrogens with one attached hydrogen (secondary N) is 3. The van der Waals surface area contributed by atoms with Crippen molar-refractivity contribution in [3.8, 4) is 17.5 Å². The molecule has 3 aliphatic heterocycles. The van der Waals surface area contributed by atoms with Gasteiger partial charge in [-0.2, -0.15) is 4.98 Å². The smallest absolute Gasteiger partial charge is 0.408 e. The SMILES string of the molecule is COc1ccc2c(OC3CC4C(=O)NC5(CC(=O)NS(=O)(=O)C6(CF)CC6)CC5C=CCCC(C)CC(C)C(NC(=O)OC(C)(C)C(F)F)C(=O)N4C3)nc3c(c2c1)CCCO3. The van der Waals surface area contributed by atoms with Crippen LogP contribution in [0.4, 0.5) is 18.0 Å². The third-order valence-corrected chi connectivity index (χ3v) is 15.1. The normalized spacial score (nSPS) is 28.6. The summed E-state index contributed by atoms with van der Waals surface area (Å²) < 4.78 is 90.9. The Morgan fingerprint density at radius 2 is 1.90 bits per heavy atom. The number of pyridine rings is 1. The summed E-state index contributed by atoms with van der Waals surface area (Å²) in [5.74, 6) is -1.95. The van der Waals surface area contributed by atoms with Gasteiger partial charge in [0.1, 0.15) is 35.4 Å². The number of carbonyl (C=O) groups excluding carboxylic acids is 4. The van der Waals surface area contributed by atoms with E-state index in [0.717, 1.165) is 31.2 Å². The number of amides is 4. The van der Waals surface area contributed by atoms with Gasteiger partial charge in [-0.15, -0.1) is 0 Å². The lowest BCUT2D eigenvalue weighted by Crippen LogP contribution is -2.58. The number of aromatic nitrogens is 1. The van der Waals surface area contributed by atoms with Crippen molar-refractivity contribution in [3.63, 3.8) is 0 Å². The van der Waals surface area contributed by atoms with Crippen molar-refractivity contribution in [1.29, 1.82) is 0 Å². The summed E-state index contributed by atoms with van der Waals surface area (Å²) in [6, 6.07) is 2.87. The Balaban J connectivity index is 1.22. The lowest BCUT2D eigenvalue weighted by molar-refractivity contribution is -0.142. The Bertz CT molecular complexity index is 2220. The fraction of sp³-hybridized carbons (Fsp3) is 0.651. The molecule has 2 saturated carbocycles. The summed E-state index contributed by atoms with van der Waals surface area (Å²) in [5.41, 5.74) is -2.52. The topological polar surface area (TPSA) is 192 Å². The number of benzene rings is 1. The van der Waals surface area contributed by atoms with E-state index in [-0.39, 0.29) is 49.9 Å². The number of fused-ring (bicyclic) bond motifs is 5. The van der Waals surface area contributed by atoms with Crippen LogP contribution in [-0.2, 0) is 35.6 Å². The van der Waals surface area contributed by atoms with Gasteiger partial charge in [0.05, 0.1) is 32.2 Å². The largest absolute Gasteiger partial charge is 0.497 e. The number of sulfonamides is 1. The van der Waals surface area contributed by atoms with Crippen molar-refractivity contribution < 1.29 is 59.7 Å². The fourth-order valence-electron chi connectivity index (χ4n) is 8.92. The van der Waals surface area contributed by atoms with E-state index in [1.54, 1.807) is 26.2 Å². The molecule has 19 heteroatoms. The zero-order valence-corrected chi connectivity index (χ0v) is 36.5. The molecule has 1 aromatic heterocycles. The second kappa shape index (κ2) is 17.4. The first-order chi connectivity index (χ1) is 29.3. The van der Waals surface area contributed by atoms with Crippen LogP contribution in [0.2, 0.25) is 0 Å². The predicted octanol–water partition coefficient (Wildman–Crippen LogP) is 5.28. The number of allylic oxidation sites excluding steroid dienone is 1. The number of rotatable bonds is 11. The molecule has 7 atom stereocenters. The molecule has 2 aromatic rings. The van der Waals surface area contributed by atoms with Crippen LogP contribution in [0.25, 0.3) is 10.8 Å². The molecule has 15 nitrogen and oxygen atoms in total. The van der Waals surface area contributed by atoms with Gasteiger partial charge in [0.15, 0.2) is 5.60 Å². The van der Waals surface area contributed by atoms with E-state index in [9.17, 15) is 40.8 Å². The maximum Gasteiger partial charge on any atom is 0.408 e. The van der Waals surface area contributed by atoms with Gasteiger partial charge < -0.3 is 34.5 Å². The number of methoxy groups -OCH3 is 1. The Kier molecular flexibility index (Phi) is 12.7. The van der Waals surface area contributed by atoms with Crippen molar-refractivity contribution >= 4 is 44.6 Å². The number of nitrogens with zero attached hydrogens (tertiary/aromatic N) is 2. The number of hydrogen-bond donors (Lipinski definition) is 3. The van der Waals surface area contributed by atoms with Crippen LogP contribution >= 0.6 is 0 Å². The van der Waals surface area contributed by atoms with Crippen LogP contribution in [0, 0.1) is 17.8 Å². The highest BCUT2D eigenvalue weighted by Crippen LogP contribution is 2.49. The summed E-state index contributed by atoms with van der Waals surface area (Å²) in [4.78, 5) is 62.3. The first-order valence-corrected chi connectivity index (χ1v) is 22.8. The zero-order valence-electron chi connectivity index (χ0n) is 35.6. The summed E-state index contributed by atoms with van der Waals surface area (Å²) in [5, 5.41) is 6.99. The first-order valence-electron chi connectivity index (χ1n) is 21.3. The molecule has 3 fully saturated rings. The van der Waals surface area contributed by atoms with Gasteiger partial charge in [-0.05, 0) is 101 Å². The zero-order chi connectivity index (χ0) is 44.8. The van der Waals surface area contributed by atoms with Crippen LogP contribution in [0.1, 0.15) is 91.0 Å². The molecule has 2 aliphatic carbocycles. The molecule has 5 aliphatic rings. The molecule has 0 bridgehead atoms. The number of halogens is 3. The average Bonchev–Trinajstić information content (AvgIpc) is 4.11. The lowest BCUT2D eigenvalue weighted by atomic mass is 9.88. The molecule has 62 heavy (non-hydrogen) atoms. The Morgan fingerprint density at radius 1 is 1.15 bits per heavy atom. The minimum Gasteiger partial charge on any atom is -0.497 e. The highest BCUT2D eigenvalue weighted by Gasteiger charge is 2.59. The molecule has 0 radical (unpaired) electrons. The lowest BCUT2D eigenvalue weighted by Gasteiger charge is -2.33. The van der Waals surface area contributed by atoms with Gasteiger partial charge in [0.2, 0.25) is 39.5 Å². The van der Waals surface area contributed by atoms with E-state index in [4.69, 9.17) is 23.9 Å². The van der Waals surface area contributed by atoms with E-state index in [1.165, 1.54) is 4.90 Å². The molecular weight excluding hydrogens is 836 g/mol. The average molecular weight is 892 g/mol. The van der Waals surface area contributed by atoms with Crippen LogP contribution in [-0.4, -0.2) is 110 Å². The van der Waals surface area contributed by atoms with E-state index in [1.807, 2.05) is 29.9 Å². The predicted molar refractivity (Wildman–Crippen MR) is 220 cm³/mol. The number of ether oxygens (including phenoxy) is 4. The van der Waals surface area contributed by atoms with Gasteiger partial charge in [-0.3, -0.25) is 19.1 Å². The molecule has 340 valence electrons. The molecule has 0 spiro atoms. The molecule has 7 rings (SSSR count). The molecule has 7 unspecified atom stereocenters. The van der Waals surface area contributed by atoms with Crippen LogP contribution in [0.5, 0.6) is 17.5 Å². The van der Waals surface area contributed by atoms with Crippen molar-refractivity contribution in [2.75, 3.05) is 26.9 Å². The Morgan fingerprint density at radius 3 is 2.60 bits per heavy atom. The van der Waals surface area contributed by atoms with E-state index >= 15 is 0 Å². The van der Waals surface area contributed by atoms with Gasteiger partial charge in [-0.1, -0.05) is 26.0 Å². The number of hydrogen-bond acceptors (Lipinski definition) is 11. The van der Waals surface area contributed by atoms with Gasteiger partial charge >= 0.3 is 6.09 Å². The van der Waals surface area contributed by atoms with Crippen LogP contribution < -0.4 is 29.6 Å². The Labute approximate surface area is 359 Å². The van der Waals surface area contributed by atoms with E-state index < -0.39 is 93.4 Å². The van der Waals surface area contributed by atoms with E-state index in [2.05, 4.69) is 10.6 Å². The number of alkyl carbamates (subject to hydrolysis) is 1. The molecule has 4 heterocycles. The number of carbonyl (C=O) groups is 4. The van der Waals surface area contributed by atoms with Crippen molar-refractivity contribution in [2.45, 2.75) is 132 Å². The molecule has 3 N–H and O–H groups in total. The third kappa shape index (κ3) is 9.27. The van der Waals surface area contributed by atoms with Crippen molar-refractivity contribution in [2.24, 2.45) is 17.8 Å². The van der Waals surface area contributed by atoms with Crippen LogP contribution in [0.15, 0.2) is 30.4 Å². The van der Waals surface area contributed by atoms with E-state index in [0.29, 0.717) is 49.3 Å². The molecule has 1 saturated heterocycles. The standard InChI is InChI=1S/C43H56F3N5O10S/c1-24-9-6-7-10-26-20-43(26,21-33(52)50-62(56,57)42(23-44)14-15-42)49-35(53)32-19-28(22-51(32)38(54)34(25(2)17-24)47-40(55)61-41(3,4)39(45)46)60-37-30-13-12-27(58-5)18-31(30)29-11-8-16-59-36(29)48-37/h7,10,12-13,18,24-26,28,32,34,39H,6,8-9,11,14-17,19-23H2,1-5H3,(H,47,55)(H,49,53)(H,50,52). The van der Waals surface area contributed by atoms with Crippen molar-refractivity contribution in [1.82, 2.24) is 25.2 Å². The maximum absolute atomic E-state index is 14.9. The summed E-state index contributed by atoms with van der Waals surface area (Å²) in [7, 11) is -2.78. The molecular formula is C43H56F3N5O10S. The summed E-state index contributed by atoms with van der Waals surface area (Å²) >= 11 is 0. The minimum atomic E-state index is -4.33. The monoisotopic (exact) mass is 891 g/mol. The van der Waals surface area contributed by atoms with Gasteiger partial charge in [0.25, 0.3) is 6.43 Å². The third-order valence-electron chi connectivity index (χ3n) is 13.0. The van der Waals surface area contributed by atoms with Crippen LogP contribution in [0.3, 0.4) is 0 Å². The Hall–Kier alpha value is -4.81. The highest BCUT2D eigenvalue weighted by molar-refractivity contribution is 7.91. The quantitative estimate of drug-likeness (QED) is 0.249. The summed E-state index contributed by atoms with van der Waals surface area (Å²) in [6.45, 7) is 5.01. The summed E-state index contributed by atoms with van der Waals surface area (Å²) in [6.07, 6.45) is 1.87. The van der Waals surface area contributed by atoms with Gasteiger partial charge in [-0.25, -0.2) is 26.4 Å². The van der Waals surface area contributed by atoms with Crippen molar-refractivity contribution in [3.05, 3.63) is 35.9 Å². The molecule has 1 aromatic carbocycles. The maximum atomic E-state index is 14.9. The number of alkyl halides is 3. The highest BCUT2D eigenvalue weighted by atomic mass is 32.2. The number of aryl methyl sites for hydroxylation is 1. The second-order valence-corrected chi connectivity index (χ2v) is 20.3. The second-order valence-electron chi connectivity index (χ2n) is 18.3. The van der Waals surface area contributed by atoms with Gasteiger partial charge in [0, 0.05) is 23.3 Å². The molecule has 4 amide bonds.